The Morgan fingerprint density at radius 3 is 2.57 bits per heavy atom. The third-order valence-electron chi connectivity index (χ3n) is 2.90. The van der Waals surface area contributed by atoms with Gasteiger partial charge in [0.25, 0.3) is 10.0 Å². The number of carbonyl (C=O) groups is 1. The second-order valence-corrected chi connectivity index (χ2v) is 6.01. The number of aromatic nitrogens is 2. The van der Waals surface area contributed by atoms with E-state index < -0.39 is 22.0 Å². The van der Waals surface area contributed by atoms with Crippen LogP contribution in [0.15, 0.2) is 47.9 Å². The van der Waals surface area contributed by atoms with Gasteiger partial charge in [0.1, 0.15) is 6.04 Å². The van der Waals surface area contributed by atoms with Crippen molar-refractivity contribution in [3.63, 3.8) is 0 Å². The fourth-order valence-electron chi connectivity index (χ4n) is 1.77. The molecule has 0 bridgehead atoms. The standard InChI is InChI=1S/C13H15N3O4S/c1-2-16-8-11(14-9-16)21(19,20)15-12(13(17)18)10-6-4-3-5-7-10/h3-9,12,15H,2H2,1H3,(H,17,18)/t12-/m1/s1. The van der Waals surface area contributed by atoms with Crippen LogP contribution in [0.4, 0.5) is 0 Å². The maximum atomic E-state index is 12.2. The second-order valence-electron chi connectivity index (χ2n) is 4.35. The summed E-state index contributed by atoms with van der Waals surface area (Å²) >= 11 is 0. The van der Waals surface area contributed by atoms with E-state index in [4.69, 9.17) is 0 Å². The molecule has 8 heteroatoms. The van der Waals surface area contributed by atoms with E-state index in [1.54, 1.807) is 34.9 Å². The number of sulfonamides is 1. The summed E-state index contributed by atoms with van der Waals surface area (Å²) in [5.74, 6) is -1.28. The van der Waals surface area contributed by atoms with Gasteiger partial charge >= 0.3 is 5.97 Å². The van der Waals surface area contributed by atoms with E-state index >= 15 is 0 Å². The quantitative estimate of drug-likeness (QED) is 0.829. The monoisotopic (exact) mass is 309 g/mol. The number of rotatable bonds is 6. The Balaban J connectivity index is 2.30. The van der Waals surface area contributed by atoms with Crippen molar-refractivity contribution in [3.8, 4) is 0 Å². The minimum absolute atomic E-state index is 0.202. The van der Waals surface area contributed by atoms with E-state index in [-0.39, 0.29) is 5.03 Å². The van der Waals surface area contributed by atoms with Crippen molar-refractivity contribution in [1.29, 1.82) is 0 Å². The van der Waals surface area contributed by atoms with E-state index in [1.165, 1.54) is 12.5 Å². The highest BCUT2D eigenvalue weighted by Crippen LogP contribution is 2.16. The molecule has 2 rings (SSSR count). The van der Waals surface area contributed by atoms with Crippen molar-refractivity contribution < 1.29 is 18.3 Å². The Morgan fingerprint density at radius 1 is 1.38 bits per heavy atom. The van der Waals surface area contributed by atoms with E-state index in [2.05, 4.69) is 9.71 Å². The molecule has 7 nitrogen and oxygen atoms in total. The molecular formula is C13H15N3O4S. The SMILES string of the molecule is CCn1cnc(S(=O)(=O)N[C@@H](C(=O)O)c2ccccc2)c1. The number of nitrogens with one attached hydrogen (secondary N) is 1. The zero-order valence-corrected chi connectivity index (χ0v) is 12.1. The molecular weight excluding hydrogens is 294 g/mol. The van der Waals surface area contributed by atoms with Gasteiger partial charge in [-0.3, -0.25) is 4.79 Å². The highest BCUT2D eigenvalue weighted by molar-refractivity contribution is 7.89. The molecule has 0 radical (unpaired) electrons. The summed E-state index contributed by atoms with van der Waals surface area (Å²) in [4.78, 5) is 15.1. The predicted octanol–water partition coefficient (Wildman–Crippen LogP) is 1.01. The average molecular weight is 309 g/mol. The van der Waals surface area contributed by atoms with Gasteiger partial charge in [-0.1, -0.05) is 30.3 Å². The van der Waals surface area contributed by atoms with Crippen molar-refractivity contribution in [2.75, 3.05) is 0 Å². The number of benzene rings is 1. The average Bonchev–Trinajstić information content (AvgIpc) is 2.95. The van der Waals surface area contributed by atoms with E-state index in [9.17, 15) is 18.3 Å². The van der Waals surface area contributed by atoms with Gasteiger partial charge in [-0.15, -0.1) is 0 Å². The topological polar surface area (TPSA) is 101 Å². The van der Waals surface area contributed by atoms with Gasteiger partial charge in [0.05, 0.1) is 6.33 Å². The Labute approximate surface area is 122 Å². The highest BCUT2D eigenvalue weighted by Gasteiger charge is 2.28. The van der Waals surface area contributed by atoms with E-state index in [0.717, 1.165) is 0 Å². The highest BCUT2D eigenvalue weighted by atomic mass is 32.2. The summed E-state index contributed by atoms with van der Waals surface area (Å²) in [6.07, 6.45) is 2.74. The van der Waals surface area contributed by atoms with Gasteiger partial charge in [-0.05, 0) is 12.5 Å². The summed E-state index contributed by atoms with van der Waals surface area (Å²) in [6, 6.07) is 6.75. The number of aliphatic carboxylic acids is 1. The van der Waals surface area contributed by atoms with Crippen LogP contribution in [0.2, 0.25) is 0 Å². The predicted molar refractivity (Wildman–Crippen MR) is 75.0 cm³/mol. The van der Waals surface area contributed by atoms with E-state index in [1.807, 2.05) is 6.92 Å². The van der Waals surface area contributed by atoms with Crippen molar-refractivity contribution in [2.45, 2.75) is 24.5 Å². The van der Waals surface area contributed by atoms with Crippen LogP contribution in [0.25, 0.3) is 0 Å². The molecule has 0 amide bonds. The van der Waals surface area contributed by atoms with Crippen LogP contribution < -0.4 is 4.72 Å². The fourth-order valence-corrected chi connectivity index (χ4v) is 2.90. The number of hydrogen-bond donors (Lipinski definition) is 2. The van der Waals surface area contributed by atoms with Crippen LogP contribution >= 0.6 is 0 Å². The molecule has 0 unspecified atom stereocenters. The molecule has 1 heterocycles. The largest absolute Gasteiger partial charge is 0.480 e. The van der Waals surface area contributed by atoms with Crippen molar-refractivity contribution >= 4 is 16.0 Å². The molecule has 1 aromatic heterocycles. The van der Waals surface area contributed by atoms with Crippen LogP contribution in [0.1, 0.15) is 18.5 Å². The smallest absolute Gasteiger partial charge is 0.326 e. The Bertz CT molecular complexity index is 725. The first-order chi connectivity index (χ1) is 9.94. The first-order valence-electron chi connectivity index (χ1n) is 6.26. The fraction of sp³-hybridized carbons (Fsp3) is 0.231. The zero-order valence-electron chi connectivity index (χ0n) is 11.3. The number of nitrogens with zero attached hydrogens (tertiary/aromatic N) is 2. The number of carboxylic acids is 1. The van der Waals surface area contributed by atoms with Gasteiger partial charge < -0.3 is 9.67 Å². The Hall–Kier alpha value is -2.19. The lowest BCUT2D eigenvalue weighted by molar-refractivity contribution is -0.139. The van der Waals surface area contributed by atoms with Crippen LogP contribution in [0, 0.1) is 0 Å². The maximum absolute atomic E-state index is 12.2. The van der Waals surface area contributed by atoms with Crippen molar-refractivity contribution in [3.05, 3.63) is 48.4 Å². The summed E-state index contributed by atoms with van der Waals surface area (Å²) in [7, 11) is -4.00. The van der Waals surface area contributed by atoms with Crippen LogP contribution in [0.5, 0.6) is 0 Å². The molecule has 0 spiro atoms. The lowest BCUT2D eigenvalue weighted by Gasteiger charge is -2.14. The van der Waals surface area contributed by atoms with Crippen molar-refractivity contribution in [1.82, 2.24) is 14.3 Å². The summed E-state index contributed by atoms with van der Waals surface area (Å²) < 4.78 is 28.1. The number of aryl methyl sites for hydroxylation is 1. The zero-order chi connectivity index (χ0) is 15.5. The molecule has 0 saturated heterocycles. The Morgan fingerprint density at radius 2 is 2.05 bits per heavy atom. The van der Waals surface area contributed by atoms with Gasteiger partial charge in [-0.2, -0.15) is 4.72 Å². The molecule has 0 saturated carbocycles. The second kappa shape index (κ2) is 6.06. The minimum Gasteiger partial charge on any atom is -0.480 e. The van der Waals surface area contributed by atoms with Crippen LogP contribution in [-0.2, 0) is 21.4 Å². The number of imidazole rings is 1. The van der Waals surface area contributed by atoms with E-state index in [0.29, 0.717) is 12.1 Å². The van der Waals surface area contributed by atoms with Gasteiger partial charge in [-0.25, -0.2) is 13.4 Å². The molecule has 21 heavy (non-hydrogen) atoms. The summed E-state index contributed by atoms with van der Waals surface area (Å²) in [5.41, 5.74) is 0.350. The molecule has 1 aromatic carbocycles. The van der Waals surface area contributed by atoms with Gasteiger partial charge in [0, 0.05) is 12.7 Å². The number of carboxylic acid groups (broad SMARTS) is 1. The molecule has 0 aliphatic rings. The molecule has 2 aromatic rings. The lowest BCUT2D eigenvalue weighted by atomic mass is 10.1. The summed E-state index contributed by atoms with van der Waals surface area (Å²) in [6.45, 7) is 2.42. The normalized spacial score (nSPS) is 13.0. The molecule has 2 N–H and O–H groups in total. The van der Waals surface area contributed by atoms with Gasteiger partial charge in [0.2, 0.25) is 0 Å². The Kier molecular flexibility index (Phi) is 4.39. The van der Waals surface area contributed by atoms with Gasteiger partial charge in [0.15, 0.2) is 5.03 Å². The lowest BCUT2D eigenvalue weighted by Crippen LogP contribution is -2.34. The molecule has 112 valence electrons. The molecule has 0 aliphatic heterocycles. The molecule has 0 fully saturated rings. The maximum Gasteiger partial charge on any atom is 0.326 e. The molecule has 1 atom stereocenters. The first-order valence-corrected chi connectivity index (χ1v) is 7.74. The molecule has 0 aliphatic carbocycles. The third-order valence-corrected chi connectivity index (χ3v) is 4.21. The van der Waals surface area contributed by atoms with Crippen molar-refractivity contribution in [2.24, 2.45) is 0 Å². The minimum atomic E-state index is -4.00. The first kappa shape index (κ1) is 15.2. The van der Waals surface area contributed by atoms with Crippen LogP contribution in [-0.4, -0.2) is 29.0 Å². The summed E-state index contributed by atoms with van der Waals surface area (Å²) in [5, 5.41) is 9.03. The number of hydrogen-bond acceptors (Lipinski definition) is 4. The third kappa shape index (κ3) is 3.47. The van der Waals surface area contributed by atoms with Crippen LogP contribution in [0.3, 0.4) is 0 Å².